The number of benzene rings is 1. The second-order valence-electron chi connectivity index (χ2n) is 6.04. The summed E-state index contributed by atoms with van der Waals surface area (Å²) in [5.74, 6) is 1.16. The fourth-order valence-corrected chi connectivity index (χ4v) is 2.77. The number of pyridine rings is 1. The quantitative estimate of drug-likeness (QED) is 0.584. The van der Waals surface area contributed by atoms with Gasteiger partial charge in [-0.3, -0.25) is 14.5 Å². The molecule has 0 spiro atoms. The lowest BCUT2D eigenvalue weighted by Crippen LogP contribution is -2.36. The maximum atomic E-state index is 12.3. The van der Waals surface area contributed by atoms with Gasteiger partial charge in [-0.25, -0.2) is 4.98 Å². The molecular formula is C19H23BrN4O5. The number of methoxy groups -OCH3 is 3. The molecular weight excluding hydrogens is 444 g/mol. The molecule has 156 valence electrons. The average Bonchev–Trinajstić information content (AvgIpc) is 2.68. The largest absolute Gasteiger partial charge is 0.493 e. The molecule has 0 aliphatic carbocycles. The maximum absolute atomic E-state index is 12.3. The Morgan fingerprint density at radius 3 is 2.07 bits per heavy atom. The standard InChI is InChI=1S/C19H23BrN4O5/c1-24(11-18(26)23-16-6-5-12(20)9-21-16)10-17(25)22-13-7-14(27-2)19(29-4)15(8-13)28-3/h5-9H,10-11H2,1-4H3,(H,22,25)(H,21,23,26). The van der Waals surface area contributed by atoms with Crippen molar-refractivity contribution in [2.24, 2.45) is 0 Å². The van der Waals surface area contributed by atoms with Gasteiger partial charge in [0.25, 0.3) is 0 Å². The number of aromatic nitrogens is 1. The molecule has 1 aromatic heterocycles. The van der Waals surface area contributed by atoms with Crippen molar-refractivity contribution in [2.75, 3.05) is 52.1 Å². The van der Waals surface area contributed by atoms with E-state index in [1.54, 1.807) is 42.4 Å². The normalized spacial score (nSPS) is 10.4. The van der Waals surface area contributed by atoms with Crippen LogP contribution in [0.3, 0.4) is 0 Å². The van der Waals surface area contributed by atoms with E-state index in [-0.39, 0.29) is 24.9 Å². The van der Waals surface area contributed by atoms with Crippen LogP contribution in [0.25, 0.3) is 0 Å². The third-order valence-electron chi connectivity index (χ3n) is 3.77. The van der Waals surface area contributed by atoms with Crippen LogP contribution in [0.5, 0.6) is 17.2 Å². The number of carbonyl (C=O) groups excluding carboxylic acids is 2. The van der Waals surface area contributed by atoms with Crippen LogP contribution >= 0.6 is 15.9 Å². The number of likely N-dealkylation sites (N-methyl/N-ethyl adjacent to an activating group) is 1. The lowest BCUT2D eigenvalue weighted by atomic mass is 10.2. The first kappa shape index (κ1) is 22.4. The number of hydrogen-bond acceptors (Lipinski definition) is 7. The Hall–Kier alpha value is -2.85. The summed E-state index contributed by atoms with van der Waals surface area (Å²) >= 11 is 3.28. The van der Waals surface area contributed by atoms with Crippen molar-refractivity contribution < 1.29 is 23.8 Å². The van der Waals surface area contributed by atoms with E-state index >= 15 is 0 Å². The molecule has 1 aromatic carbocycles. The minimum Gasteiger partial charge on any atom is -0.493 e. The van der Waals surface area contributed by atoms with Gasteiger partial charge in [0.05, 0.1) is 34.4 Å². The molecule has 2 rings (SSSR count). The van der Waals surface area contributed by atoms with Crippen LogP contribution in [-0.4, -0.2) is 63.2 Å². The van der Waals surface area contributed by atoms with Crippen LogP contribution in [0.15, 0.2) is 34.9 Å². The fraction of sp³-hybridized carbons (Fsp3) is 0.316. The first-order valence-electron chi connectivity index (χ1n) is 8.56. The first-order chi connectivity index (χ1) is 13.9. The van der Waals surface area contributed by atoms with Gasteiger partial charge < -0.3 is 24.8 Å². The molecule has 0 atom stereocenters. The fourth-order valence-electron chi connectivity index (χ4n) is 2.53. The molecule has 0 unspecified atom stereocenters. The number of halogens is 1. The lowest BCUT2D eigenvalue weighted by molar-refractivity contribution is -0.119. The van der Waals surface area contributed by atoms with Crippen molar-refractivity contribution in [3.63, 3.8) is 0 Å². The number of nitrogens with one attached hydrogen (secondary N) is 2. The predicted molar refractivity (Wildman–Crippen MR) is 113 cm³/mol. The van der Waals surface area contributed by atoms with E-state index in [9.17, 15) is 9.59 Å². The molecule has 1 heterocycles. The van der Waals surface area contributed by atoms with E-state index in [4.69, 9.17) is 14.2 Å². The highest BCUT2D eigenvalue weighted by atomic mass is 79.9. The summed E-state index contributed by atoms with van der Waals surface area (Å²) in [4.78, 5) is 30.1. The molecule has 9 nitrogen and oxygen atoms in total. The zero-order valence-electron chi connectivity index (χ0n) is 16.6. The number of carbonyl (C=O) groups is 2. The number of hydrogen-bond donors (Lipinski definition) is 2. The summed E-state index contributed by atoms with van der Waals surface area (Å²) in [6, 6.07) is 6.71. The highest BCUT2D eigenvalue weighted by Gasteiger charge is 2.16. The number of anilines is 2. The molecule has 0 radical (unpaired) electrons. The highest BCUT2D eigenvalue weighted by molar-refractivity contribution is 9.10. The van der Waals surface area contributed by atoms with E-state index in [2.05, 4.69) is 31.5 Å². The summed E-state index contributed by atoms with van der Waals surface area (Å²) in [5, 5.41) is 5.43. The van der Waals surface area contributed by atoms with Gasteiger partial charge in [0, 0.05) is 28.5 Å². The van der Waals surface area contributed by atoms with Crippen molar-refractivity contribution in [3.8, 4) is 17.2 Å². The summed E-state index contributed by atoms with van der Waals surface area (Å²) in [6.45, 7) is 0.0399. The third-order valence-corrected chi connectivity index (χ3v) is 4.24. The van der Waals surface area contributed by atoms with Crippen molar-refractivity contribution >= 4 is 39.2 Å². The molecule has 0 aliphatic rings. The van der Waals surface area contributed by atoms with Crippen molar-refractivity contribution in [1.29, 1.82) is 0 Å². The zero-order chi connectivity index (χ0) is 21.4. The molecule has 0 bridgehead atoms. The van der Waals surface area contributed by atoms with Gasteiger partial charge in [-0.1, -0.05) is 0 Å². The first-order valence-corrected chi connectivity index (χ1v) is 9.35. The Morgan fingerprint density at radius 1 is 1.00 bits per heavy atom. The Bertz CT molecular complexity index is 835. The van der Waals surface area contributed by atoms with E-state index in [1.165, 1.54) is 21.3 Å². The third kappa shape index (κ3) is 6.61. The summed E-state index contributed by atoms with van der Waals surface area (Å²) in [5.41, 5.74) is 0.487. The molecule has 29 heavy (non-hydrogen) atoms. The molecule has 0 saturated heterocycles. The van der Waals surface area contributed by atoms with Gasteiger partial charge in [-0.05, 0) is 35.1 Å². The van der Waals surface area contributed by atoms with Crippen molar-refractivity contribution in [3.05, 3.63) is 34.9 Å². The molecule has 2 aromatic rings. The monoisotopic (exact) mass is 466 g/mol. The molecule has 10 heteroatoms. The van der Waals surface area contributed by atoms with E-state index < -0.39 is 0 Å². The molecule has 0 saturated carbocycles. The number of amides is 2. The lowest BCUT2D eigenvalue weighted by Gasteiger charge is -2.17. The van der Waals surface area contributed by atoms with Crippen LogP contribution in [-0.2, 0) is 9.59 Å². The second kappa shape index (κ2) is 10.6. The van der Waals surface area contributed by atoms with Gasteiger partial charge in [-0.15, -0.1) is 0 Å². The molecule has 0 fully saturated rings. The SMILES string of the molecule is COc1cc(NC(=O)CN(C)CC(=O)Nc2ccc(Br)cn2)cc(OC)c1OC. The van der Waals surface area contributed by atoms with Crippen LogP contribution in [0.1, 0.15) is 0 Å². The topological polar surface area (TPSA) is 102 Å². The molecule has 0 aliphatic heterocycles. The van der Waals surface area contributed by atoms with Gasteiger partial charge >= 0.3 is 0 Å². The maximum Gasteiger partial charge on any atom is 0.239 e. The Kier molecular flexibility index (Phi) is 8.22. The molecule has 2 N–H and O–H groups in total. The van der Waals surface area contributed by atoms with Gasteiger partial charge in [0.1, 0.15) is 5.82 Å². The van der Waals surface area contributed by atoms with E-state index in [0.29, 0.717) is 28.8 Å². The summed E-state index contributed by atoms with van der Waals surface area (Å²) < 4.78 is 16.6. The van der Waals surface area contributed by atoms with Gasteiger partial charge in [0.2, 0.25) is 17.6 Å². The highest BCUT2D eigenvalue weighted by Crippen LogP contribution is 2.39. The van der Waals surface area contributed by atoms with Crippen molar-refractivity contribution in [2.45, 2.75) is 0 Å². The number of ether oxygens (including phenoxy) is 3. The predicted octanol–water partition coefficient (Wildman–Crippen LogP) is 2.38. The van der Waals surface area contributed by atoms with Crippen LogP contribution in [0.4, 0.5) is 11.5 Å². The number of nitrogens with zero attached hydrogens (tertiary/aromatic N) is 2. The second-order valence-corrected chi connectivity index (χ2v) is 6.96. The Labute approximate surface area is 177 Å². The van der Waals surface area contributed by atoms with Gasteiger partial charge in [0.15, 0.2) is 11.5 Å². The van der Waals surface area contributed by atoms with Crippen LogP contribution in [0, 0.1) is 0 Å². The summed E-state index contributed by atoms with van der Waals surface area (Å²) in [6.07, 6.45) is 1.59. The van der Waals surface area contributed by atoms with Crippen LogP contribution < -0.4 is 24.8 Å². The Morgan fingerprint density at radius 2 is 1.59 bits per heavy atom. The summed E-state index contributed by atoms with van der Waals surface area (Å²) in [7, 11) is 6.16. The smallest absolute Gasteiger partial charge is 0.239 e. The average molecular weight is 467 g/mol. The van der Waals surface area contributed by atoms with Crippen LogP contribution in [0.2, 0.25) is 0 Å². The number of rotatable bonds is 9. The zero-order valence-corrected chi connectivity index (χ0v) is 18.2. The van der Waals surface area contributed by atoms with E-state index in [1.807, 2.05) is 0 Å². The van der Waals surface area contributed by atoms with Crippen molar-refractivity contribution in [1.82, 2.24) is 9.88 Å². The molecule has 2 amide bonds. The minimum atomic E-state index is -0.295. The minimum absolute atomic E-state index is 0.0118. The Balaban J connectivity index is 1.92. The van der Waals surface area contributed by atoms with Gasteiger partial charge in [-0.2, -0.15) is 0 Å². The van der Waals surface area contributed by atoms with E-state index in [0.717, 1.165) is 4.47 Å².